The highest BCUT2D eigenvalue weighted by atomic mass is 16.5. The summed E-state index contributed by atoms with van der Waals surface area (Å²) in [6, 6.07) is 11.9. The van der Waals surface area contributed by atoms with Gasteiger partial charge in [0.15, 0.2) is 5.43 Å². The maximum atomic E-state index is 11.6. The minimum Gasteiger partial charge on any atom is -0.456 e. The van der Waals surface area contributed by atoms with Crippen LogP contribution in [0, 0.1) is 0 Å². The molecular formula is C13H11NO3. The lowest BCUT2D eigenvalue weighted by atomic mass is 10.2. The van der Waals surface area contributed by atoms with Crippen molar-refractivity contribution in [3.63, 3.8) is 0 Å². The topological polar surface area (TPSA) is 59.2 Å². The summed E-state index contributed by atoms with van der Waals surface area (Å²) < 4.78 is 5.06. The Labute approximate surface area is 97.9 Å². The number of nitrogens with one attached hydrogen (secondary N) is 1. The minimum absolute atomic E-state index is 0.161. The minimum atomic E-state index is -0.536. The van der Waals surface area contributed by atoms with Crippen molar-refractivity contribution in [3.8, 4) is 0 Å². The van der Waals surface area contributed by atoms with Crippen LogP contribution in [0.3, 0.4) is 0 Å². The van der Waals surface area contributed by atoms with Crippen LogP contribution >= 0.6 is 0 Å². The van der Waals surface area contributed by atoms with Gasteiger partial charge >= 0.3 is 5.97 Å². The first kappa shape index (κ1) is 11.1. The van der Waals surface area contributed by atoms with Crippen LogP contribution in [0.15, 0.2) is 53.5 Å². The third-order valence-corrected chi connectivity index (χ3v) is 2.21. The van der Waals surface area contributed by atoms with E-state index in [-0.39, 0.29) is 17.7 Å². The molecule has 17 heavy (non-hydrogen) atoms. The Kier molecular flexibility index (Phi) is 3.35. The fraction of sp³-hybridized carbons (Fsp3) is 0.0769. The summed E-state index contributed by atoms with van der Waals surface area (Å²) in [7, 11) is 0. The second-order valence-corrected chi connectivity index (χ2v) is 3.50. The highest BCUT2D eigenvalue weighted by molar-refractivity contribution is 5.87. The van der Waals surface area contributed by atoms with Gasteiger partial charge in [-0.05, 0) is 5.56 Å². The molecule has 1 heterocycles. The zero-order valence-electron chi connectivity index (χ0n) is 9.05. The summed E-state index contributed by atoms with van der Waals surface area (Å²) in [6.07, 6.45) is 1.42. The smallest absolute Gasteiger partial charge is 0.355 e. The average molecular weight is 229 g/mol. The molecule has 0 unspecified atom stereocenters. The zero-order valence-corrected chi connectivity index (χ0v) is 9.05. The van der Waals surface area contributed by atoms with E-state index in [9.17, 15) is 9.59 Å². The lowest BCUT2D eigenvalue weighted by Gasteiger charge is -2.04. The normalized spacial score (nSPS) is 9.88. The molecule has 2 rings (SSSR count). The van der Waals surface area contributed by atoms with Crippen LogP contribution in [0.25, 0.3) is 0 Å². The number of aromatic amines is 1. The second-order valence-electron chi connectivity index (χ2n) is 3.50. The molecular weight excluding hydrogens is 218 g/mol. The first-order valence-electron chi connectivity index (χ1n) is 5.15. The summed E-state index contributed by atoms with van der Waals surface area (Å²) in [4.78, 5) is 25.3. The predicted molar refractivity (Wildman–Crippen MR) is 62.6 cm³/mol. The van der Waals surface area contributed by atoms with E-state index >= 15 is 0 Å². The van der Waals surface area contributed by atoms with Crippen molar-refractivity contribution in [2.75, 3.05) is 0 Å². The summed E-state index contributed by atoms with van der Waals surface area (Å²) in [5.41, 5.74) is 0.836. The van der Waals surface area contributed by atoms with E-state index in [1.165, 1.54) is 18.3 Å². The Morgan fingerprint density at radius 1 is 1.18 bits per heavy atom. The first-order valence-corrected chi connectivity index (χ1v) is 5.15. The molecule has 86 valence electrons. The van der Waals surface area contributed by atoms with Crippen molar-refractivity contribution in [1.82, 2.24) is 4.98 Å². The molecule has 2 aromatic rings. The van der Waals surface area contributed by atoms with Crippen LogP contribution in [-0.2, 0) is 11.3 Å². The molecule has 0 fully saturated rings. The number of H-pyrrole nitrogens is 1. The van der Waals surface area contributed by atoms with Crippen LogP contribution in [-0.4, -0.2) is 11.0 Å². The molecule has 0 bridgehead atoms. The maximum absolute atomic E-state index is 11.6. The molecule has 0 radical (unpaired) electrons. The SMILES string of the molecule is O=C(OCc1ccccc1)c1cc(=O)cc[nH]1. The molecule has 4 heteroatoms. The molecule has 4 nitrogen and oxygen atoms in total. The molecule has 0 amide bonds. The number of rotatable bonds is 3. The van der Waals surface area contributed by atoms with Gasteiger partial charge in [0.05, 0.1) is 0 Å². The summed E-state index contributed by atoms with van der Waals surface area (Å²) in [5.74, 6) is -0.536. The Hall–Kier alpha value is -2.36. The number of esters is 1. The van der Waals surface area contributed by atoms with E-state index in [4.69, 9.17) is 4.74 Å². The van der Waals surface area contributed by atoms with Crippen molar-refractivity contribution in [2.24, 2.45) is 0 Å². The van der Waals surface area contributed by atoms with Gasteiger partial charge in [0.1, 0.15) is 12.3 Å². The molecule has 0 aliphatic carbocycles. The van der Waals surface area contributed by atoms with E-state index in [1.807, 2.05) is 30.3 Å². The van der Waals surface area contributed by atoms with Crippen LogP contribution < -0.4 is 5.43 Å². The Balaban J connectivity index is 2.01. The summed E-state index contributed by atoms with van der Waals surface area (Å²) in [5, 5.41) is 0. The van der Waals surface area contributed by atoms with Gasteiger partial charge in [0, 0.05) is 18.3 Å². The van der Waals surface area contributed by atoms with Crippen molar-refractivity contribution < 1.29 is 9.53 Å². The third-order valence-electron chi connectivity index (χ3n) is 2.21. The van der Waals surface area contributed by atoms with Crippen LogP contribution in [0.4, 0.5) is 0 Å². The molecule has 1 aromatic carbocycles. The highest BCUT2D eigenvalue weighted by Crippen LogP contribution is 2.02. The van der Waals surface area contributed by atoms with Crippen molar-refractivity contribution in [3.05, 3.63) is 70.1 Å². The van der Waals surface area contributed by atoms with Gasteiger partial charge in [0.25, 0.3) is 0 Å². The second kappa shape index (κ2) is 5.12. The molecule has 0 aliphatic heterocycles. The number of hydrogen-bond acceptors (Lipinski definition) is 3. The standard InChI is InChI=1S/C13H11NO3/c15-11-6-7-14-12(8-11)13(16)17-9-10-4-2-1-3-5-10/h1-8H,9H2,(H,14,15). The summed E-state index contributed by atoms with van der Waals surface area (Å²) >= 11 is 0. The third kappa shape index (κ3) is 3.04. The molecule has 0 saturated heterocycles. The predicted octanol–water partition coefficient (Wildman–Crippen LogP) is 1.73. The molecule has 0 spiro atoms. The number of carbonyl (C=O) groups is 1. The highest BCUT2D eigenvalue weighted by Gasteiger charge is 2.07. The van der Waals surface area contributed by atoms with E-state index in [0.29, 0.717) is 0 Å². The van der Waals surface area contributed by atoms with Crippen molar-refractivity contribution >= 4 is 5.97 Å². The number of hydrogen-bond donors (Lipinski definition) is 1. The van der Waals surface area contributed by atoms with E-state index in [0.717, 1.165) is 5.56 Å². The molecule has 1 aromatic heterocycles. The molecule has 0 atom stereocenters. The molecule has 0 aliphatic rings. The average Bonchev–Trinajstić information content (AvgIpc) is 2.37. The van der Waals surface area contributed by atoms with Gasteiger partial charge in [-0.15, -0.1) is 0 Å². The molecule has 0 saturated carbocycles. The number of benzene rings is 1. The largest absolute Gasteiger partial charge is 0.456 e. The molecule has 1 N–H and O–H groups in total. The van der Waals surface area contributed by atoms with Crippen molar-refractivity contribution in [1.29, 1.82) is 0 Å². The monoisotopic (exact) mass is 229 g/mol. The lowest BCUT2D eigenvalue weighted by molar-refractivity contribution is 0.0465. The van der Waals surface area contributed by atoms with Crippen molar-refractivity contribution in [2.45, 2.75) is 6.61 Å². The fourth-order valence-electron chi connectivity index (χ4n) is 1.36. The van der Waals surface area contributed by atoms with Gasteiger partial charge in [-0.2, -0.15) is 0 Å². The number of pyridine rings is 1. The number of ether oxygens (including phenoxy) is 1. The van der Waals surface area contributed by atoms with E-state index < -0.39 is 5.97 Å². The fourth-order valence-corrected chi connectivity index (χ4v) is 1.36. The van der Waals surface area contributed by atoms with Crippen LogP contribution in [0.2, 0.25) is 0 Å². The number of aromatic nitrogens is 1. The van der Waals surface area contributed by atoms with E-state index in [2.05, 4.69) is 4.98 Å². The quantitative estimate of drug-likeness (QED) is 0.815. The zero-order chi connectivity index (χ0) is 12.1. The lowest BCUT2D eigenvalue weighted by Crippen LogP contribution is -2.11. The van der Waals surface area contributed by atoms with Gasteiger partial charge in [0.2, 0.25) is 0 Å². The Morgan fingerprint density at radius 3 is 2.65 bits per heavy atom. The van der Waals surface area contributed by atoms with Gasteiger partial charge in [-0.25, -0.2) is 4.79 Å². The van der Waals surface area contributed by atoms with Gasteiger partial charge in [-0.1, -0.05) is 30.3 Å². The first-order chi connectivity index (χ1) is 8.25. The number of carbonyl (C=O) groups excluding carboxylic acids is 1. The summed E-state index contributed by atoms with van der Waals surface area (Å²) in [6.45, 7) is 0.191. The Morgan fingerprint density at radius 2 is 1.94 bits per heavy atom. The van der Waals surface area contributed by atoms with Gasteiger partial charge < -0.3 is 9.72 Å². The van der Waals surface area contributed by atoms with Crippen LogP contribution in [0.5, 0.6) is 0 Å². The van der Waals surface area contributed by atoms with Crippen LogP contribution in [0.1, 0.15) is 16.1 Å². The Bertz CT molecular complexity index is 560. The van der Waals surface area contributed by atoms with Gasteiger partial charge in [-0.3, -0.25) is 4.79 Å². The van der Waals surface area contributed by atoms with E-state index in [1.54, 1.807) is 0 Å². The maximum Gasteiger partial charge on any atom is 0.355 e.